The Bertz CT molecular complexity index is 328. The second-order valence-corrected chi connectivity index (χ2v) is 3.72. The first-order chi connectivity index (χ1) is 7.06. The maximum atomic E-state index is 13.6. The maximum Gasteiger partial charge on any atom is 0.148 e. The molecule has 15 heavy (non-hydrogen) atoms. The summed E-state index contributed by atoms with van der Waals surface area (Å²) in [7, 11) is 0. The number of nitrogen functional groups attached to an aromatic ring is 1. The number of aliphatic hydroxyl groups is 1. The van der Waals surface area contributed by atoms with Gasteiger partial charge in [0.05, 0.1) is 12.3 Å². The third-order valence-corrected chi connectivity index (χ3v) is 2.25. The molecular formula is C11H17FN2O. The zero-order valence-corrected chi connectivity index (χ0v) is 9.07. The fraction of sp³-hybridized carbons (Fsp3) is 0.455. The molecule has 0 heterocycles. The normalized spacial score (nSPS) is 10.7. The highest BCUT2D eigenvalue weighted by atomic mass is 19.1. The van der Waals surface area contributed by atoms with Crippen molar-refractivity contribution in [1.82, 2.24) is 0 Å². The predicted molar refractivity (Wildman–Crippen MR) is 60.4 cm³/mol. The molecule has 84 valence electrons. The molecule has 1 rings (SSSR count). The highest BCUT2D eigenvalue weighted by Crippen LogP contribution is 2.23. The SMILES string of the molecule is CC(C)N(CCO)c1ccc(N)cc1F. The zero-order valence-electron chi connectivity index (χ0n) is 9.07. The van der Waals surface area contributed by atoms with Crippen molar-refractivity contribution in [3.63, 3.8) is 0 Å². The van der Waals surface area contributed by atoms with E-state index in [1.165, 1.54) is 6.07 Å². The van der Waals surface area contributed by atoms with Crippen LogP contribution in [0.15, 0.2) is 18.2 Å². The van der Waals surface area contributed by atoms with Crippen LogP contribution in [0.4, 0.5) is 15.8 Å². The number of rotatable bonds is 4. The van der Waals surface area contributed by atoms with E-state index >= 15 is 0 Å². The van der Waals surface area contributed by atoms with Gasteiger partial charge in [-0.25, -0.2) is 4.39 Å². The molecule has 1 aromatic carbocycles. The lowest BCUT2D eigenvalue weighted by molar-refractivity contribution is 0.298. The van der Waals surface area contributed by atoms with E-state index in [4.69, 9.17) is 10.8 Å². The molecule has 3 nitrogen and oxygen atoms in total. The van der Waals surface area contributed by atoms with Gasteiger partial charge in [-0.1, -0.05) is 0 Å². The lowest BCUT2D eigenvalue weighted by Gasteiger charge is -2.28. The van der Waals surface area contributed by atoms with Crippen molar-refractivity contribution in [2.24, 2.45) is 0 Å². The minimum atomic E-state index is -0.350. The van der Waals surface area contributed by atoms with Crippen molar-refractivity contribution in [2.45, 2.75) is 19.9 Å². The number of hydrogen-bond donors (Lipinski definition) is 2. The molecule has 0 spiro atoms. The van der Waals surface area contributed by atoms with Crippen LogP contribution in [0.25, 0.3) is 0 Å². The van der Waals surface area contributed by atoms with E-state index in [0.717, 1.165) is 0 Å². The lowest BCUT2D eigenvalue weighted by Crippen LogP contribution is -2.34. The van der Waals surface area contributed by atoms with Crippen LogP contribution in [-0.4, -0.2) is 24.3 Å². The Morgan fingerprint density at radius 3 is 2.60 bits per heavy atom. The molecule has 0 radical (unpaired) electrons. The van der Waals surface area contributed by atoms with Gasteiger partial charge in [-0.05, 0) is 32.0 Å². The maximum absolute atomic E-state index is 13.6. The van der Waals surface area contributed by atoms with Gasteiger partial charge in [0.2, 0.25) is 0 Å². The summed E-state index contributed by atoms with van der Waals surface area (Å²) in [4.78, 5) is 1.80. The number of hydrogen-bond acceptors (Lipinski definition) is 3. The van der Waals surface area contributed by atoms with Gasteiger partial charge in [0.15, 0.2) is 0 Å². The van der Waals surface area contributed by atoms with E-state index in [-0.39, 0.29) is 18.5 Å². The van der Waals surface area contributed by atoms with Crippen LogP contribution in [0, 0.1) is 5.82 Å². The highest BCUT2D eigenvalue weighted by Gasteiger charge is 2.13. The van der Waals surface area contributed by atoms with Gasteiger partial charge in [-0.15, -0.1) is 0 Å². The average molecular weight is 212 g/mol. The first kappa shape index (κ1) is 11.8. The summed E-state index contributed by atoms with van der Waals surface area (Å²) in [5, 5.41) is 8.90. The van der Waals surface area contributed by atoms with Crippen molar-refractivity contribution >= 4 is 11.4 Å². The molecule has 0 saturated carbocycles. The van der Waals surface area contributed by atoms with E-state index in [9.17, 15) is 4.39 Å². The summed E-state index contributed by atoms with van der Waals surface area (Å²) in [5.74, 6) is -0.350. The van der Waals surface area contributed by atoms with Crippen LogP contribution >= 0.6 is 0 Å². The number of anilines is 2. The Morgan fingerprint density at radius 1 is 1.47 bits per heavy atom. The Labute approximate surface area is 89.3 Å². The highest BCUT2D eigenvalue weighted by molar-refractivity contribution is 5.54. The van der Waals surface area contributed by atoms with Gasteiger partial charge >= 0.3 is 0 Å². The second-order valence-electron chi connectivity index (χ2n) is 3.72. The molecular weight excluding hydrogens is 195 g/mol. The minimum absolute atomic E-state index is 0.00198. The van der Waals surface area contributed by atoms with Crippen molar-refractivity contribution in [3.05, 3.63) is 24.0 Å². The third kappa shape index (κ3) is 2.83. The molecule has 0 amide bonds. The van der Waals surface area contributed by atoms with E-state index in [0.29, 0.717) is 17.9 Å². The summed E-state index contributed by atoms with van der Waals surface area (Å²) >= 11 is 0. The van der Waals surface area contributed by atoms with Crippen molar-refractivity contribution in [2.75, 3.05) is 23.8 Å². The van der Waals surface area contributed by atoms with Crippen LogP contribution in [-0.2, 0) is 0 Å². The van der Waals surface area contributed by atoms with Crippen molar-refractivity contribution in [1.29, 1.82) is 0 Å². The number of benzene rings is 1. The van der Waals surface area contributed by atoms with Gasteiger partial charge < -0.3 is 15.7 Å². The summed E-state index contributed by atoms with van der Waals surface area (Å²) in [6.07, 6.45) is 0. The average Bonchev–Trinajstić information content (AvgIpc) is 2.15. The first-order valence-electron chi connectivity index (χ1n) is 4.98. The fourth-order valence-corrected chi connectivity index (χ4v) is 1.52. The van der Waals surface area contributed by atoms with Crippen LogP contribution < -0.4 is 10.6 Å². The Kier molecular flexibility index (Phi) is 3.91. The van der Waals surface area contributed by atoms with Crippen LogP contribution in [0.5, 0.6) is 0 Å². The number of nitrogens with two attached hydrogens (primary N) is 1. The van der Waals surface area contributed by atoms with Crippen LogP contribution in [0.1, 0.15) is 13.8 Å². The smallest absolute Gasteiger partial charge is 0.148 e. The quantitative estimate of drug-likeness (QED) is 0.745. The largest absolute Gasteiger partial charge is 0.399 e. The summed E-state index contributed by atoms with van der Waals surface area (Å²) < 4.78 is 13.6. The standard InChI is InChI=1S/C11H17FN2O/c1-8(2)14(5-6-15)11-4-3-9(13)7-10(11)12/h3-4,7-8,15H,5-6,13H2,1-2H3. The summed E-state index contributed by atoms with van der Waals surface area (Å²) in [6.45, 7) is 4.32. The molecule has 0 aliphatic heterocycles. The van der Waals surface area contributed by atoms with E-state index in [1.807, 2.05) is 13.8 Å². The third-order valence-electron chi connectivity index (χ3n) is 2.25. The van der Waals surface area contributed by atoms with Crippen molar-refractivity contribution < 1.29 is 9.50 Å². The van der Waals surface area contributed by atoms with Crippen molar-refractivity contribution in [3.8, 4) is 0 Å². The fourth-order valence-electron chi connectivity index (χ4n) is 1.52. The first-order valence-corrected chi connectivity index (χ1v) is 4.98. The molecule has 0 aliphatic carbocycles. The molecule has 0 bridgehead atoms. The lowest BCUT2D eigenvalue weighted by atomic mass is 10.2. The Morgan fingerprint density at radius 2 is 2.13 bits per heavy atom. The van der Waals surface area contributed by atoms with Gasteiger partial charge in [-0.2, -0.15) is 0 Å². The molecule has 0 aromatic heterocycles. The Balaban J connectivity index is 3.00. The monoisotopic (exact) mass is 212 g/mol. The van der Waals surface area contributed by atoms with E-state index < -0.39 is 0 Å². The zero-order chi connectivity index (χ0) is 11.4. The van der Waals surface area contributed by atoms with Gasteiger partial charge in [0.25, 0.3) is 0 Å². The van der Waals surface area contributed by atoms with Crippen LogP contribution in [0.3, 0.4) is 0 Å². The molecule has 4 heteroatoms. The van der Waals surface area contributed by atoms with Crippen LogP contribution in [0.2, 0.25) is 0 Å². The molecule has 0 saturated heterocycles. The summed E-state index contributed by atoms with van der Waals surface area (Å²) in [5.41, 5.74) is 6.36. The molecule has 3 N–H and O–H groups in total. The van der Waals surface area contributed by atoms with Gasteiger partial charge in [0, 0.05) is 18.3 Å². The van der Waals surface area contributed by atoms with Gasteiger partial charge in [-0.3, -0.25) is 0 Å². The molecule has 0 aliphatic rings. The molecule has 1 aromatic rings. The van der Waals surface area contributed by atoms with Gasteiger partial charge in [0.1, 0.15) is 5.82 Å². The number of halogens is 1. The summed E-state index contributed by atoms with van der Waals surface area (Å²) in [6, 6.07) is 4.73. The molecule has 0 fully saturated rings. The number of nitrogens with zero attached hydrogens (tertiary/aromatic N) is 1. The second kappa shape index (κ2) is 4.98. The number of aliphatic hydroxyl groups excluding tert-OH is 1. The van der Waals surface area contributed by atoms with E-state index in [1.54, 1.807) is 17.0 Å². The Hall–Kier alpha value is -1.29. The molecule has 0 unspecified atom stereocenters. The predicted octanol–water partition coefficient (Wildman–Crippen LogP) is 1.61. The minimum Gasteiger partial charge on any atom is -0.399 e. The molecule has 0 atom stereocenters. The topological polar surface area (TPSA) is 49.5 Å². The van der Waals surface area contributed by atoms with E-state index in [2.05, 4.69) is 0 Å².